The fraction of sp³-hybridized carbons (Fsp3) is 0.357. The van der Waals surface area contributed by atoms with Crippen molar-refractivity contribution in [3.8, 4) is 0 Å². The lowest BCUT2D eigenvalue weighted by Gasteiger charge is -2.17. The SMILES string of the molecule is CCCn1ncc(Br)c1C(N)c1ccc(C)cc1Cl. The number of nitrogens with zero attached hydrogens (tertiary/aromatic N) is 2. The Kier molecular flexibility index (Phi) is 4.66. The Morgan fingerprint density at radius 1 is 1.47 bits per heavy atom. The number of rotatable bonds is 4. The first-order valence-corrected chi connectivity index (χ1v) is 7.44. The molecule has 0 aliphatic heterocycles. The van der Waals surface area contributed by atoms with E-state index in [-0.39, 0.29) is 6.04 Å². The van der Waals surface area contributed by atoms with Gasteiger partial charge in [-0.25, -0.2) is 0 Å². The van der Waals surface area contributed by atoms with Gasteiger partial charge in [-0.2, -0.15) is 5.10 Å². The number of benzene rings is 1. The minimum Gasteiger partial charge on any atom is -0.319 e. The molecular formula is C14H17BrClN3. The molecule has 1 aromatic heterocycles. The molecule has 5 heteroatoms. The van der Waals surface area contributed by atoms with Crippen LogP contribution in [0.5, 0.6) is 0 Å². The lowest BCUT2D eigenvalue weighted by molar-refractivity contribution is 0.559. The Morgan fingerprint density at radius 3 is 2.84 bits per heavy atom. The molecule has 1 unspecified atom stereocenters. The quantitative estimate of drug-likeness (QED) is 0.910. The normalized spacial score (nSPS) is 12.7. The van der Waals surface area contributed by atoms with Crippen LogP contribution in [0.4, 0.5) is 0 Å². The van der Waals surface area contributed by atoms with E-state index >= 15 is 0 Å². The zero-order valence-corrected chi connectivity index (χ0v) is 13.4. The summed E-state index contributed by atoms with van der Waals surface area (Å²) in [5, 5.41) is 5.04. The van der Waals surface area contributed by atoms with Crippen LogP contribution < -0.4 is 5.73 Å². The van der Waals surface area contributed by atoms with Crippen molar-refractivity contribution in [2.75, 3.05) is 0 Å². The zero-order chi connectivity index (χ0) is 14.0. The van der Waals surface area contributed by atoms with Gasteiger partial charge in [0, 0.05) is 11.6 Å². The van der Waals surface area contributed by atoms with E-state index in [1.807, 2.05) is 29.8 Å². The summed E-state index contributed by atoms with van der Waals surface area (Å²) in [7, 11) is 0. The molecule has 0 saturated heterocycles. The number of aryl methyl sites for hydroxylation is 2. The molecule has 1 atom stereocenters. The fourth-order valence-corrected chi connectivity index (χ4v) is 3.00. The monoisotopic (exact) mass is 341 g/mol. The van der Waals surface area contributed by atoms with Gasteiger partial charge in [-0.3, -0.25) is 4.68 Å². The first kappa shape index (κ1) is 14.6. The number of hydrogen-bond donors (Lipinski definition) is 1. The van der Waals surface area contributed by atoms with Crippen LogP contribution in [0, 0.1) is 6.92 Å². The van der Waals surface area contributed by atoms with E-state index < -0.39 is 0 Å². The first-order valence-electron chi connectivity index (χ1n) is 6.27. The molecule has 102 valence electrons. The molecule has 0 fully saturated rings. The molecule has 19 heavy (non-hydrogen) atoms. The maximum absolute atomic E-state index is 6.37. The average Bonchev–Trinajstić information content (AvgIpc) is 2.70. The second-order valence-corrected chi connectivity index (χ2v) is 5.87. The predicted molar refractivity (Wildman–Crippen MR) is 82.4 cm³/mol. The Balaban J connectivity index is 2.43. The molecule has 2 rings (SSSR count). The molecule has 0 amide bonds. The summed E-state index contributed by atoms with van der Waals surface area (Å²) in [6.45, 7) is 4.97. The summed E-state index contributed by atoms with van der Waals surface area (Å²) < 4.78 is 2.86. The van der Waals surface area contributed by atoms with Crippen LogP contribution in [0.2, 0.25) is 5.02 Å². The summed E-state index contributed by atoms with van der Waals surface area (Å²) >= 11 is 9.82. The van der Waals surface area contributed by atoms with Crippen molar-refractivity contribution in [1.29, 1.82) is 0 Å². The summed E-state index contributed by atoms with van der Waals surface area (Å²) in [4.78, 5) is 0. The molecule has 0 aliphatic rings. The molecule has 3 nitrogen and oxygen atoms in total. The van der Waals surface area contributed by atoms with Gasteiger partial charge in [-0.05, 0) is 46.5 Å². The fourth-order valence-electron chi connectivity index (χ4n) is 2.10. The van der Waals surface area contributed by atoms with Gasteiger partial charge in [-0.15, -0.1) is 0 Å². The number of nitrogens with two attached hydrogens (primary N) is 1. The molecule has 0 bridgehead atoms. The number of halogens is 2. The van der Waals surface area contributed by atoms with Crippen molar-refractivity contribution in [2.45, 2.75) is 32.9 Å². The van der Waals surface area contributed by atoms with Crippen LogP contribution in [-0.4, -0.2) is 9.78 Å². The highest BCUT2D eigenvalue weighted by atomic mass is 79.9. The third-order valence-electron chi connectivity index (χ3n) is 3.05. The second-order valence-electron chi connectivity index (χ2n) is 4.60. The molecule has 2 aromatic rings. The van der Waals surface area contributed by atoms with Gasteiger partial charge in [0.1, 0.15) is 0 Å². The lowest BCUT2D eigenvalue weighted by Crippen LogP contribution is -2.18. The van der Waals surface area contributed by atoms with E-state index in [1.54, 1.807) is 6.20 Å². The zero-order valence-electron chi connectivity index (χ0n) is 11.0. The van der Waals surface area contributed by atoms with Gasteiger partial charge in [0.05, 0.1) is 22.4 Å². The smallest absolute Gasteiger partial charge is 0.0749 e. The summed E-state index contributed by atoms with van der Waals surface area (Å²) in [6.07, 6.45) is 2.79. The van der Waals surface area contributed by atoms with Crippen molar-refractivity contribution in [1.82, 2.24) is 9.78 Å². The van der Waals surface area contributed by atoms with Crippen LogP contribution in [0.25, 0.3) is 0 Å². The number of hydrogen-bond acceptors (Lipinski definition) is 2. The van der Waals surface area contributed by atoms with Gasteiger partial charge in [0.2, 0.25) is 0 Å². The maximum Gasteiger partial charge on any atom is 0.0749 e. The summed E-state index contributed by atoms with van der Waals surface area (Å²) in [5.74, 6) is 0. The van der Waals surface area contributed by atoms with Crippen molar-refractivity contribution >= 4 is 27.5 Å². The molecule has 0 aliphatic carbocycles. The maximum atomic E-state index is 6.37. The van der Waals surface area contributed by atoms with Crippen LogP contribution in [-0.2, 0) is 6.54 Å². The highest BCUT2D eigenvalue weighted by molar-refractivity contribution is 9.10. The third-order valence-corrected chi connectivity index (χ3v) is 3.99. The van der Waals surface area contributed by atoms with Gasteiger partial charge in [-0.1, -0.05) is 30.7 Å². The van der Waals surface area contributed by atoms with Gasteiger partial charge in [0.15, 0.2) is 0 Å². The van der Waals surface area contributed by atoms with E-state index in [2.05, 4.69) is 28.0 Å². The standard InChI is InChI=1S/C14H17BrClN3/c1-3-6-19-14(11(15)8-18-19)13(17)10-5-4-9(2)7-12(10)16/h4-5,7-8,13H,3,6,17H2,1-2H3. The summed E-state index contributed by atoms with van der Waals surface area (Å²) in [6, 6.07) is 5.66. The lowest BCUT2D eigenvalue weighted by atomic mass is 10.0. The largest absolute Gasteiger partial charge is 0.319 e. The Labute approximate surface area is 126 Å². The van der Waals surface area contributed by atoms with Gasteiger partial charge < -0.3 is 5.73 Å². The van der Waals surface area contributed by atoms with E-state index in [9.17, 15) is 0 Å². The molecule has 0 spiro atoms. The Bertz CT molecular complexity index is 580. The molecule has 1 heterocycles. The predicted octanol–water partition coefficient (Wildman–Crippen LogP) is 4.07. The van der Waals surface area contributed by atoms with Crippen molar-refractivity contribution in [2.24, 2.45) is 5.73 Å². The Hall–Kier alpha value is -0.840. The van der Waals surface area contributed by atoms with E-state index in [0.717, 1.165) is 34.3 Å². The van der Waals surface area contributed by atoms with Crippen molar-refractivity contribution < 1.29 is 0 Å². The molecule has 1 aromatic carbocycles. The third kappa shape index (κ3) is 3.02. The minimum atomic E-state index is -0.281. The summed E-state index contributed by atoms with van der Waals surface area (Å²) in [5.41, 5.74) is 9.38. The van der Waals surface area contributed by atoms with E-state index in [4.69, 9.17) is 17.3 Å². The van der Waals surface area contributed by atoms with E-state index in [1.165, 1.54) is 0 Å². The highest BCUT2D eigenvalue weighted by Gasteiger charge is 2.20. The first-order chi connectivity index (χ1) is 9.04. The average molecular weight is 343 g/mol. The molecule has 0 saturated carbocycles. The topological polar surface area (TPSA) is 43.8 Å². The number of aromatic nitrogens is 2. The minimum absolute atomic E-state index is 0.281. The Morgan fingerprint density at radius 2 is 2.21 bits per heavy atom. The highest BCUT2D eigenvalue weighted by Crippen LogP contribution is 2.31. The van der Waals surface area contributed by atoms with Crippen LogP contribution >= 0.6 is 27.5 Å². The van der Waals surface area contributed by atoms with Gasteiger partial charge in [0.25, 0.3) is 0 Å². The van der Waals surface area contributed by atoms with E-state index in [0.29, 0.717) is 5.02 Å². The molecule has 2 N–H and O–H groups in total. The van der Waals surface area contributed by atoms with Crippen LogP contribution in [0.3, 0.4) is 0 Å². The second kappa shape index (κ2) is 6.07. The molecule has 0 radical (unpaired) electrons. The molecular weight excluding hydrogens is 326 g/mol. The van der Waals surface area contributed by atoms with Crippen molar-refractivity contribution in [3.05, 3.63) is 50.7 Å². The van der Waals surface area contributed by atoms with Gasteiger partial charge >= 0.3 is 0 Å². The van der Waals surface area contributed by atoms with Crippen LogP contribution in [0.1, 0.15) is 36.2 Å². The van der Waals surface area contributed by atoms with Crippen LogP contribution in [0.15, 0.2) is 28.9 Å². The van der Waals surface area contributed by atoms with Crippen molar-refractivity contribution in [3.63, 3.8) is 0 Å².